The fourth-order valence-corrected chi connectivity index (χ4v) is 5.10. The zero-order valence-corrected chi connectivity index (χ0v) is 23.1. The Morgan fingerprint density at radius 3 is 2.71 bits per heavy atom. The van der Waals surface area contributed by atoms with Gasteiger partial charge >= 0.3 is 6.03 Å². The number of amides is 4. The molecule has 15 heteroatoms. The van der Waals surface area contributed by atoms with Crippen molar-refractivity contribution in [3.8, 4) is 0 Å². The molecule has 0 unspecified atom stereocenters. The second-order valence-electron chi connectivity index (χ2n) is 10.3. The first-order valence-electron chi connectivity index (χ1n) is 13.3. The Morgan fingerprint density at radius 2 is 1.93 bits per heavy atom. The molecule has 5 aromatic heterocycles. The zero-order chi connectivity index (χ0) is 29.0. The van der Waals surface area contributed by atoms with Crippen LogP contribution < -0.4 is 15.5 Å². The lowest BCUT2D eigenvalue weighted by Gasteiger charge is -2.17. The Bertz CT molecular complexity index is 1900. The van der Waals surface area contributed by atoms with E-state index in [2.05, 4.69) is 30.7 Å². The molecule has 0 radical (unpaired) electrons. The smallest absolute Gasteiger partial charge is 0.331 e. The van der Waals surface area contributed by atoms with Gasteiger partial charge in [0.1, 0.15) is 30.8 Å². The number of aromatic nitrogens is 7. The maximum Gasteiger partial charge on any atom is 0.331 e. The van der Waals surface area contributed by atoms with E-state index in [9.17, 15) is 14.4 Å². The van der Waals surface area contributed by atoms with E-state index in [4.69, 9.17) is 16.6 Å². The van der Waals surface area contributed by atoms with Gasteiger partial charge in [0.15, 0.2) is 5.65 Å². The number of carbonyl (C=O) groups excluding carboxylic acids is 3. The van der Waals surface area contributed by atoms with E-state index < -0.39 is 0 Å². The number of rotatable bonds is 8. The number of carbonyl (C=O) groups is 3. The van der Waals surface area contributed by atoms with Gasteiger partial charge in [0.05, 0.1) is 46.8 Å². The summed E-state index contributed by atoms with van der Waals surface area (Å²) in [4.78, 5) is 57.7. The number of hydrogen-bond donors (Lipinski definition) is 2. The Labute approximate surface area is 243 Å². The fraction of sp³-hybridized carbons (Fsp3) is 0.259. The number of anilines is 3. The van der Waals surface area contributed by atoms with E-state index in [1.807, 2.05) is 22.9 Å². The van der Waals surface area contributed by atoms with Gasteiger partial charge in [0.2, 0.25) is 11.8 Å². The van der Waals surface area contributed by atoms with Gasteiger partial charge in [-0.25, -0.2) is 29.2 Å². The number of pyridine rings is 1. The van der Waals surface area contributed by atoms with Crippen LogP contribution >= 0.6 is 11.6 Å². The Morgan fingerprint density at radius 1 is 1.10 bits per heavy atom. The number of hydrogen-bond acceptors (Lipinski definition) is 9. The van der Waals surface area contributed by atoms with Crippen LogP contribution in [0.4, 0.5) is 22.1 Å². The highest BCUT2D eigenvalue weighted by Gasteiger charge is 2.36. The minimum Gasteiger partial charge on any atom is -0.364 e. The van der Waals surface area contributed by atoms with Crippen molar-refractivity contribution in [1.82, 2.24) is 38.9 Å². The zero-order valence-electron chi connectivity index (χ0n) is 22.4. The third-order valence-electron chi connectivity index (χ3n) is 7.29. The molecule has 42 heavy (non-hydrogen) atoms. The van der Waals surface area contributed by atoms with Crippen molar-refractivity contribution >= 4 is 57.9 Å². The molecular weight excluding hydrogens is 562 g/mol. The molecule has 0 aromatic carbocycles. The van der Waals surface area contributed by atoms with Crippen LogP contribution in [0.15, 0.2) is 49.4 Å². The molecule has 0 bridgehead atoms. The molecule has 2 N–H and O–H groups in total. The number of imidazole rings is 2. The summed E-state index contributed by atoms with van der Waals surface area (Å²) < 4.78 is 3.46. The van der Waals surface area contributed by atoms with Crippen LogP contribution in [0, 0.1) is 0 Å². The maximum atomic E-state index is 12.8. The summed E-state index contributed by atoms with van der Waals surface area (Å²) in [6, 6.07) is 4.93. The van der Waals surface area contributed by atoms with Crippen molar-refractivity contribution in [2.75, 3.05) is 29.1 Å². The lowest BCUT2D eigenvalue weighted by molar-refractivity contribution is -0.124. The monoisotopic (exact) mass is 585 g/mol. The average molecular weight is 586 g/mol. The number of imide groups is 1. The molecule has 4 amide bonds. The van der Waals surface area contributed by atoms with Gasteiger partial charge in [-0.1, -0.05) is 11.6 Å². The van der Waals surface area contributed by atoms with Crippen molar-refractivity contribution < 1.29 is 14.4 Å². The van der Waals surface area contributed by atoms with E-state index in [-0.39, 0.29) is 30.8 Å². The van der Waals surface area contributed by atoms with Gasteiger partial charge in [-0.2, -0.15) is 5.10 Å². The van der Waals surface area contributed by atoms with Crippen molar-refractivity contribution in [1.29, 1.82) is 0 Å². The molecule has 1 aliphatic heterocycles. The number of nitrogens with zero attached hydrogens (tertiary/aromatic N) is 9. The lowest BCUT2D eigenvalue weighted by atomic mass is 10.1. The molecule has 1 saturated heterocycles. The van der Waals surface area contributed by atoms with Gasteiger partial charge in [-0.05, 0) is 36.5 Å². The summed E-state index contributed by atoms with van der Waals surface area (Å²) >= 11 is 6.04. The Balaban J connectivity index is 1.06. The minimum atomic E-state index is -0.366. The molecule has 1 saturated carbocycles. The molecule has 6 heterocycles. The lowest BCUT2D eigenvalue weighted by Crippen LogP contribution is -2.30. The number of fused-ring (bicyclic) bond motifs is 2. The molecule has 212 valence electrons. The Kier molecular flexibility index (Phi) is 6.19. The van der Waals surface area contributed by atoms with E-state index >= 15 is 0 Å². The van der Waals surface area contributed by atoms with Crippen LogP contribution in [0.5, 0.6) is 0 Å². The third-order valence-corrected chi connectivity index (χ3v) is 7.49. The SMILES string of the molecule is CN1C(=O)CN(c2cc(C3CC3)cn3cc(CNc4cc(NC(=O)Cc5ncn6ncc(Cl)cc56)ncn4)nc23)C1=O. The van der Waals surface area contributed by atoms with Gasteiger partial charge in [-0.15, -0.1) is 0 Å². The summed E-state index contributed by atoms with van der Waals surface area (Å²) in [5, 5.41) is 10.6. The first-order valence-corrected chi connectivity index (χ1v) is 13.6. The molecule has 2 aliphatic rings. The van der Waals surface area contributed by atoms with E-state index in [0.29, 0.717) is 57.4 Å². The van der Waals surface area contributed by atoms with Crippen LogP contribution in [0.3, 0.4) is 0 Å². The number of halogens is 1. The van der Waals surface area contributed by atoms with Crippen LogP contribution in [-0.2, 0) is 22.6 Å². The van der Waals surface area contributed by atoms with E-state index in [1.54, 1.807) is 16.6 Å². The van der Waals surface area contributed by atoms with Crippen LogP contribution in [-0.4, -0.2) is 70.3 Å². The highest BCUT2D eigenvalue weighted by molar-refractivity contribution is 6.30. The molecular formula is C27H24ClN11O3. The number of likely N-dealkylation sites (N-methyl/N-ethyl adjacent to an activating group) is 1. The molecule has 7 rings (SSSR count). The van der Waals surface area contributed by atoms with Gasteiger partial charge in [-0.3, -0.25) is 19.4 Å². The highest BCUT2D eigenvalue weighted by Crippen LogP contribution is 2.42. The number of nitrogens with one attached hydrogen (secondary N) is 2. The molecule has 1 aliphatic carbocycles. The van der Waals surface area contributed by atoms with Crippen LogP contribution in [0.2, 0.25) is 5.02 Å². The fourth-order valence-electron chi connectivity index (χ4n) is 4.95. The first-order chi connectivity index (χ1) is 20.3. The van der Waals surface area contributed by atoms with Gasteiger partial charge < -0.3 is 15.0 Å². The number of urea groups is 1. The quantitative estimate of drug-likeness (QED) is 0.261. The topological polar surface area (TPSA) is 155 Å². The van der Waals surface area contributed by atoms with E-state index in [1.165, 1.54) is 30.8 Å². The second kappa shape index (κ2) is 10.1. The van der Waals surface area contributed by atoms with Crippen LogP contribution in [0.1, 0.15) is 35.7 Å². The third kappa shape index (κ3) is 4.85. The van der Waals surface area contributed by atoms with Crippen molar-refractivity contribution in [3.63, 3.8) is 0 Å². The van der Waals surface area contributed by atoms with Gasteiger partial charge in [0.25, 0.3) is 0 Å². The Hall–Kier alpha value is -5.11. The summed E-state index contributed by atoms with van der Waals surface area (Å²) in [7, 11) is 1.49. The normalized spacial score (nSPS) is 15.3. The maximum absolute atomic E-state index is 12.8. The summed E-state index contributed by atoms with van der Waals surface area (Å²) in [6.45, 7) is 0.308. The predicted octanol–water partition coefficient (Wildman–Crippen LogP) is 2.89. The first kappa shape index (κ1) is 25.8. The summed E-state index contributed by atoms with van der Waals surface area (Å²) in [6.07, 6.45) is 10.5. The standard InChI is InChI=1S/C27H24ClN11O3/c1-36-25(41)12-38(27(36)42)21-4-16(15-2-3-15)10-37-11-18(34-26(21)37)9-29-22-7-23(31-13-30-22)35-24(40)6-19-20-5-17(28)8-33-39(20)14-32-19/h4-5,7-8,10-11,13-15H,2-3,6,9,12H2,1H3,(H2,29,30,31,35,40). The van der Waals surface area contributed by atoms with Crippen molar-refractivity contribution in [3.05, 3.63) is 71.4 Å². The predicted molar refractivity (Wildman–Crippen MR) is 152 cm³/mol. The average Bonchev–Trinajstić information content (AvgIpc) is 3.56. The minimum absolute atomic E-state index is 0.0125. The molecule has 5 aromatic rings. The molecule has 0 spiro atoms. The summed E-state index contributed by atoms with van der Waals surface area (Å²) in [5.41, 5.74) is 4.21. The van der Waals surface area contributed by atoms with Crippen LogP contribution in [0.25, 0.3) is 11.2 Å². The summed E-state index contributed by atoms with van der Waals surface area (Å²) in [5.74, 6) is 0.696. The molecule has 14 nitrogen and oxygen atoms in total. The van der Waals surface area contributed by atoms with E-state index in [0.717, 1.165) is 23.3 Å². The van der Waals surface area contributed by atoms with Crippen molar-refractivity contribution in [2.24, 2.45) is 0 Å². The highest BCUT2D eigenvalue weighted by atomic mass is 35.5. The second-order valence-corrected chi connectivity index (χ2v) is 10.7. The molecule has 0 atom stereocenters. The van der Waals surface area contributed by atoms with Gasteiger partial charge in [0, 0.05) is 25.5 Å². The molecule has 2 fully saturated rings. The van der Waals surface area contributed by atoms with Crippen molar-refractivity contribution in [2.45, 2.75) is 31.7 Å². The largest absolute Gasteiger partial charge is 0.364 e.